The minimum atomic E-state index is -4.51. The monoisotopic (exact) mass is 352 g/mol. The summed E-state index contributed by atoms with van der Waals surface area (Å²) in [5.74, 6) is -1.45. The first-order chi connectivity index (χ1) is 11.7. The minimum absolute atomic E-state index is 0.0603. The molecular formula is C16H15F3N4O2. The highest BCUT2D eigenvalue weighted by atomic mass is 19.4. The summed E-state index contributed by atoms with van der Waals surface area (Å²) in [6.45, 7) is -1.45. The van der Waals surface area contributed by atoms with Gasteiger partial charge in [0.2, 0.25) is 5.91 Å². The Labute approximate surface area is 141 Å². The van der Waals surface area contributed by atoms with Crippen LogP contribution in [0.5, 0.6) is 0 Å². The lowest BCUT2D eigenvalue weighted by Gasteiger charge is -2.11. The number of alkyl halides is 3. The molecule has 0 atom stereocenters. The SMILES string of the molecule is Cn1cc(/C=C/C(=O)Nc2ccccc2C(=O)NCC(F)(F)F)cn1. The van der Waals surface area contributed by atoms with Gasteiger partial charge >= 0.3 is 6.18 Å². The molecule has 1 heterocycles. The average molecular weight is 352 g/mol. The van der Waals surface area contributed by atoms with Crippen molar-refractivity contribution in [3.8, 4) is 0 Å². The summed E-state index contributed by atoms with van der Waals surface area (Å²) in [7, 11) is 1.73. The van der Waals surface area contributed by atoms with Crippen LogP contribution in [0, 0.1) is 0 Å². The second-order valence-corrected chi connectivity index (χ2v) is 5.11. The Bertz CT molecular complexity index is 797. The van der Waals surface area contributed by atoms with E-state index in [9.17, 15) is 22.8 Å². The van der Waals surface area contributed by atoms with E-state index in [2.05, 4.69) is 10.4 Å². The van der Waals surface area contributed by atoms with Gasteiger partial charge in [-0.25, -0.2) is 0 Å². The molecule has 9 heteroatoms. The van der Waals surface area contributed by atoms with Gasteiger partial charge in [-0.05, 0) is 18.2 Å². The number of benzene rings is 1. The fourth-order valence-electron chi connectivity index (χ4n) is 1.94. The molecular weight excluding hydrogens is 337 g/mol. The molecule has 0 bridgehead atoms. The topological polar surface area (TPSA) is 76.0 Å². The third kappa shape index (κ3) is 5.79. The summed E-state index contributed by atoms with van der Waals surface area (Å²) >= 11 is 0. The van der Waals surface area contributed by atoms with Gasteiger partial charge in [0.15, 0.2) is 0 Å². The van der Waals surface area contributed by atoms with Gasteiger partial charge in [-0.1, -0.05) is 12.1 Å². The molecule has 0 radical (unpaired) electrons. The van der Waals surface area contributed by atoms with Crippen molar-refractivity contribution < 1.29 is 22.8 Å². The predicted molar refractivity (Wildman–Crippen MR) is 85.7 cm³/mol. The molecule has 0 aliphatic carbocycles. The number of halogens is 3. The molecule has 0 aliphatic heterocycles. The normalized spacial score (nSPS) is 11.5. The first-order valence-corrected chi connectivity index (χ1v) is 7.16. The maximum absolute atomic E-state index is 12.2. The van der Waals surface area contributed by atoms with Gasteiger partial charge in [-0.2, -0.15) is 18.3 Å². The number of nitrogens with zero attached hydrogens (tertiary/aromatic N) is 2. The number of nitrogens with one attached hydrogen (secondary N) is 2. The first kappa shape index (κ1) is 18.2. The zero-order chi connectivity index (χ0) is 18.4. The third-order valence-corrected chi connectivity index (χ3v) is 3.03. The van der Waals surface area contributed by atoms with Crippen LogP contribution in [0.15, 0.2) is 42.7 Å². The second kappa shape index (κ2) is 7.65. The number of aromatic nitrogens is 2. The van der Waals surface area contributed by atoms with Crippen molar-refractivity contribution in [3.05, 3.63) is 53.9 Å². The van der Waals surface area contributed by atoms with E-state index in [0.29, 0.717) is 5.56 Å². The van der Waals surface area contributed by atoms with Gasteiger partial charge in [-0.3, -0.25) is 14.3 Å². The Morgan fingerprint density at radius 1 is 1.28 bits per heavy atom. The number of aryl methyl sites for hydroxylation is 1. The number of hydrogen-bond acceptors (Lipinski definition) is 3. The number of amides is 2. The van der Waals surface area contributed by atoms with Gasteiger partial charge < -0.3 is 10.6 Å². The zero-order valence-electron chi connectivity index (χ0n) is 13.2. The molecule has 6 nitrogen and oxygen atoms in total. The first-order valence-electron chi connectivity index (χ1n) is 7.16. The van der Waals surface area contributed by atoms with Crippen LogP contribution in [0.2, 0.25) is 0 Å². The van der Waals surface area contributed by atoms with E-state index in [1.165, 1.54) is 30.4 Å². The summed E-state index contributed by atoms with van der Waals surface area (Å²) in [4.78, 5) is 23.8. The number of carbonyl (C=O) groups is 2. The number of carbonyl (C=O) groups excluding carboxylic acids is 2. The summed E-state index contributed by atoms with van der Waals surface area (Å²) < 4.78 is 38.2. The van der Waals surface area contributed by atoms with E-state index in [1.807, 2.05) is 0 Å². The predicted octanol–water partition coefficient (Wildman–Crippen LogP) is 2.36. The van der Waals surface area contributed by atoms with Crippen LogP contribution in [0.3, 0.4) is 0 Å². The fraction of sp³-hybridized carbons (Fsp3) is 0.188. The Balaban J connectivity index is 2.05. The van der Waals surface area contributed by atoms with Crippen molar-refractivity contribution in [1.29, 1.82) is 0 Å². The number of anilines is 1. The van der Waals surface area contributed by atoms with Crippen LogP contribution in [0.1, 0.15) is 15.9 Å². The van der Waals surface area contributed by atoms with Crippen molar-refractivity contribution in [2.45, 2.75) is 6.18 Å². The lowest BCUT2D eigenvalue weighted by atomic mass is 10.1. The number of hydrogen-bond donors (Lipinski definition) is 2. The summed E-state index contributed by atoms with van der Waals surface area (Å²) in [6, 6.07) is 5.80. The van der Waals surface area contributed by atoms with Gasteiger partial charge in [-0.15, -0.1) is 0 Å². The number of para-hydroxylation sites is 1. The molecule has 2 N–H and O–H groups in total. The van der Waals surface area contributed by atoms with Crippen molar-refractivity contribution in [2.75, 3.05) is 11.9 Å². The number of rotatable bonds is 5. The lowest BCUT2D eigenvalue weighted by Crippen LogP contribution is -2.34. The molecule has 132 valence electrons. The molecule has 0 saturated carbocycles. The van der Waals surface area contributed by atoms with Crippen LogP contribution >= 0.6 is 0 Å². The fourth-order valence-corrected chi connectivity index (χ4v) is 1.94. The molecule has 1 aromatic heterocycles. The summed E-state index contributed by atoms with van der Waals surface area (Å²) in [6.07, 6.45) is 1.50. The highest BCUT2D eigenvalue weighted by Gasteiger charge is 2.28. The molecule has 0 aliphatic rings. The molecule has 0 unspecified atom stereocenters. The summed E-state index contributed by atoms with van der Waals surface area (Å²) in [5.41, 5.74) is 0.756. The van der Waals surface area contributed by atoms with Crippen molar-refractivity contribution >= 4 is 23.6 Å². The average Bonchev–Trinajstić information content (AvgIpc) is 2.96. The standard InChI is InChI=1S/C16H15F3N4O2/c1-23-9-11(8-21-23)6-7-14(24)22-13-5-3-2-4-12(13)15(25)20-10-16(17,18)19/h2-9H,10H2,1H3,(H,20,25)(H,22,24)/b7-6+. The van der Waals surface area contributed by atoms with E-state index in [0.717, 1.165) is 0 Å². The molecule has 25 heavy (non-hydrogen) atoms. The Morgan fingerprint density at radius 2 is 2.00 bits per heavy atom. The highest BCUT2D eigenvalue weighted by molar-refractivity contribution is 6.07. The van der Waals surface area contributed by atoms with Gasteiger partial charge in [0.1, 0.15) is 6.54 Å². The molecule has 0 saturated heterocycles. The quantitative estimate of drug-likeness (QED) is 0.811. The molecule has 1 aromatic carbocycles. The van der Waals surface area contributed by atoms with E-state index in [-0.39, 0.29) is 11.3 Å². The molecule has 0 fully saturated rings. The maximum atomic E-state index is 12.2. The van der Waals surface area contributed by atoms with Crippen LogP contribution in [-0.4, -0.2) is 34.3 Å². The van der Waals surface area contributed by atoms with E-state index >= 15 is 0 Å². The van der Waals surface area contributed by atoms with Gasteiger partial charge in [0.25, 0.3) is 5.91 Å². The van der Waals surface area contributed by atoms with Gasteiger partial charge in [0.05, 0.1) is 17.4 Å². The summed E-state index contributed by atoms with van der Waals surface area (Å²) in [5, 5.41) is 8.18. The van der Waals surface area contributed by atoms with Crippen LogP contribution in [0.4, 0.5) is 18.9 Å². The van der Waals surface area contributed by atoms with Gasteiger partial charge in [0, 0.05) is 24.9 Å². The second-order valence-electron chi connectivity index (χ2n) is 5.11. The third-order valence-electron chi connectivity index (χ3n) is 3.03. The molecule has 2 amide bonds. The van der Waals surface area contributed by atoms with Crippen LogP contribution in [-0.2, 0) is 11.8 Å². The minimum Gasteiger partial charge on any atom is -0.343 e. The van der Waals surface area contributed by atoms with Crippen molar-refractivity contribution in [1.82, 2.24) is 15.1 Å². The molecule has 2 aromatic rings. The van der Waals surface area contributed by atoms with Crippen LogP contribution in [0.25, 0.3) is 6.08 Å². The van der Waals surface area contributed by atoms with E-state index in [4.69, 9.17) is 0 Å². The van der Waals surface area contributed by atoms with E-state index < -0.39 is 24.5 Å². The van der Waals surface area contributed by atoms with E-state index in [1.54, 1.807) is 35.5 Å². The van der Waals surface area contributed by atoms with Crippen LogP contribution < -0.4 is 10.6 Å². The smallest absolute Gasteiger partial charge is 0.343 e. The van der Waals surface area contributed by atoms with Crippen molar-refractivity contribution in [3.63, 3.8) is 0 Å². The lowest BCUT2D eigenvalue weighted by molar-refractivity contribution is -0.123. The largest absolute Gasteiger partial charge is 0.405 e. The zero-order valence-corrected chi connectivity index (χ0v) is 13.2. The Kier molecular flexibility index (Phi) is 5.58. The molecule has 2 rings (SSSR count). The maximum Gasteiger partial charge on any atom is 0.405 e. The molecule has 0 spiro atoms. The Hall–Kier alpha value is -3.10. The highest BCUT2D eigenvalue weighted by Crippen LogP contribution is 2.17. The van der Waals surface area contributed by atoms with Crippen molar-refractivity contribution in [2.24, 2.45) is 7.05 Å². The Morgan fingerprint density at radius 3 is 2.64 bits per heavy atom.